The van der Waals surface area contributed by atoms with Crippen molar-refractivity contribution in [2.75, 3.05) is 13.1 Å². The van der Waals surface area contributed by atoms with E-state index in [0.29, 0.717) is 6.04 Å². The van der Waals surface area contributed by atoms with E-state index in [-0.39, 0.29) is 0 Å². The summed E-state index contributed by atoms with van der Waals surface area (Å²) >= 11 is 3.68. The summed E-state index contributed by atoms with van der Waals surface area (Å²) in [4.78, 5) is 2.70. The van der Waals surface area contributed by atoms with E-state index < -0.39 is 0 Å². The number of hydrogen-bond acceptors (Lipinski definition) is 1. The van der Waals surface area contributed by atoms with Gasteiger partial charge < -0.3 is 0 Å². The van der Waals surface area contributed by atoms with E-state index in [4.69, 9.17) is 0 Å². The Bertz CT molecular complexity index is 369. The number of halogens is 1. The minimum absolute atomic E-state index is 0.684. The topological polar surface area (TPSA) is 3.24 Å². The van der Waals surface area contributed by atoms with Crippen molar-refractivity contribution in [3.05, 3.63) is 34.3 Å². The molecule has 0 aliphatic carbocycles. The van der Waals surface area contributed by atoms with Gasteiger partial charge >= 0.3 is 0 Å². The SMILES string of the molecule is CC(C)C(Cc1ccccc1Br)N1CCCCC1. The zero-order chi connectivity index (χ0) is 13.0. The second-order valence-corrected chi connectivity index (χ2v) is 6.56. The lowest BCUT2D eigenvalue weighted by atomic mass is 9.93. The third-order valence-corrected chi connectivity index (χ3v) is 4.79. The van der Waals surface area contributed by atoms with Crippen LogP contribution in [-0.4, -0.2) is 24.0 Å². The van der Waals surface area contributed by atoms with E-state index in [0.717, 1.165) is 5.92 Å². The molecule has 0 spiro atoms. The van der Waals surface area contributed by atoms with Crippen LogP contribution in [0.25, 0.3) is 0 Å². The standard InChI is InChI=1S/C16H24BrN/c1-13(2)16(18-10-6-3-7-11-18)12-14-8-4-5-9-15(14)17/h4-5,8-9,13,16H,3,6-7,10-12H2,1-2H3. The molecule has 1 fully saturated rings. The minimum Gasteiger partial charge on any atom is -0.300 e. The molecule has 1 saturated heterocycles. The lowest BCUT2D eigenvalue weighted by molar-refractivity contribution is 0.127. The smallest absolute Gasteiger partial charge is 0.0207 e. The first-order chi connectivity index (χ1) is 8.68. The van der Waals surface area contributed by atoms with E-state index in [1.807, 2.05) is 0 Å². The van der Waals surface area contributed by atoms with Crippen molar-refractivity contribution in [1.29, 1.82) is 0 Å². The first-order valence-corrected chi connectivity index (χ1v) is 7.95. The fraction of sp³-hybridized carbons (Fsp3) is 0.625. The van der Waals surface area contributed by atoms with E-state index in [1.165, 1.54) is 48.8 Å². The predicted molar refractivity (Wildman–Crippen MR) is 81.9 cm³/mol. The van der Waals surface area contributed by atoms with Crippen LogP contribution in [0.5, 0.6) is 0 Å². The van der Waals surface area contributed by atoms with Crippen molar-refractivity contribution in [1.82, 2.24) is 4.90 Å². The second kappa shape index (κ2) is 6.72. The number of hydrogen-bond donors (Lipinski definition) is 0. The van der Waals surface area contributed by atoms with Crippen LogP contribution in [0.3, 0.4) is 0 Å². The highest BCUT2D eigenvalue weighted by Crippen LogP contribution is 2.24. The van der Waals surface area contributed by atoms with Crippen LogP contribution in [-0.2, 0) is 6.42 Å². The average Bonchev–Trinajstić information content (AvgIpc) is 2.38. The number of nitrogens with zero attached hydrogens (tertiary/aromatic N) is 1. The van der Waals surface area contributed by atoms with Gasteiger partial charge in [0.25, 0.3) is 0 Å². The molecule has 1 nitrogen and oxygen atoms in total. The van der Waals surface area contributed by atoms with Crippen LogP contribution >= 0.6 is 15.9 Å². The van der Waals surface area contributed by atoms with Gasteiger partial charge in [-0.25, -0.2) is 0 Å². The molecule has 0 N–H and O–H groups in total. The molecule has 1 heterocycles. The third-order valence-electron chi connectivity index (χ3n) is 4.02. The Balaban J connectivity index is 2.08. The summed E-state index contributed by atoms with van der Waals surface area (Å²) in [5.41, 5.74) is 1.45. The maximum Gasteiger partial charge on any atom is 0.0207 e. The maximum absolute atomic E-state index is 3.68. The molecule has 18 heavy (non-hydrogen) atoms. The van der Waals surface area contributed by atoms with Gasteiger partial charge in [0.05, 0.1) is 0 Å². The summed E-state index contributed by atoms with van der Waals surface area (Å²) in [5.74, 6) is 0.718. The van der Waals surface area contributed by atoms with Crippen molar-refractivity contribution in [3.63, 3.8) is 0 Å². The highest BCUT2D eigenvalue weighted by Gasteiger charge is 2.24. The van der Waals surface area contributed by atoms with E-state index in [2.05, 4.69) is 58.9 Å². The lowest BCUT2D eigenvalue weighted by Gasteiger charge is -2.37. The monoisotopic (exact) mass is 309 g/mol. The molecule has 0 saturated carbocycles. The summed E-state index contributed by atoms with van der Waals surface area (Å²) in [6.07, 6.45) is 5.33. The summed E-state index contributed by atoms with van der Waals surface area (Å²) in [5, 5.41) is 0. The quantitative estimate of drug-likeness (QED) is 0.791. The molecule has 0 radical (unpaired) electrons. The van der Waals surface area contributed by atoms with Gasteiger partial charge in [0, 0.05) is 10.5 Å². The fourth-order valence-corrected chi connectivity index (χ4v) is 3.37. The zero-order valence-electron chi connectivity index (χ0n) is 11.5. The van der Waals surface area contributed by atoms with Gasteiger partial charge in [0.15, 0.2) is 0 Å². The number of piperidine rings is 1. The largest absolute Gasteiger partial charge is 0.300 e. The van der Waals surface area contributed by atoms with Gasteiger partial charge in [-0.3, -0.25) is 4.90 Å². The fourth-order valence-electron chi connectivity index (χ4n) is 2.93. The van der Waals surface area contributed by atoms with E-state index >= 15 is 0 Å². The molecule has 1 unspecified atom stereocenters. The number of benzene rings is 1. The Morgan fingerprint density at radius 2 is 1.78 bits per heavy atom. The first-order valence-electron chi connectivity index (χ1n) is 7.16. The van der Waals surface area contributed by atoms with Gasteiger partial charge in [-0.1, -0.05) is 54.4 Å². The number of rotatable bonds is 4. The van der Waals surface area contributed by atoms with Crippen molar-refractivity contribution in [2.45, 2.75) is 45.6 Å². The predicted octanol–water partition coefficient (Wildman–Crippen LogP) is 4.50. The molecule has 100 valence electrons. The number of likely N-dealkylation sites (tertiary alicyclic amines) is 1. The van der Waals surface area contributed by atoms with Crippen LogP contribution in [0.15, 0.2) is 28.7 Å². The summed E-state index contributed by atoms with van der Waals surface area (Å²) in [7, 11) is 0. The zero-order valence-corrected chi connectivity index (χ0v) is 13.1. The van der Waals surface area contributed by atoms with Crippen LogP contribution in [0.1, 0.15) is 38.7 Å². The van der Waals surface area contributed by atoms with Crippen LogP contribution < -0.4 is 0 Å². The molecule has 2 rings (SSSR count). The third kappa shape index (κ3) is 3.58. The average molecular weight is 310 g/mol. The molecule has 1 aliphatic heterocycles. The Kier molecular flexibility index (Phi) is 5.25. The summed E-state index contributed by atoms with van der Waals surface area (Å²) in [6, 6.07) is 9.34. The van der Waals surface area contributed by atoms with Gasteiger partial charge in [0.1, 0.15) is 0 Å². The Hall–Kier alpha value is -0.340. The molecule has 2 heteroatoms. The summed E-state index contributed by atoms with van der Waals surface area (Å²) < 4.78 is 1.26. The molecule has 0 bridgehead atoms. The second-order valence-electron chi connectivity index (χ2n) is 5.70. The molecule has 1 aromatic rings. The summed E-state index contributed by atoms with van der Waals surface area (Å²) in [6.45, 7) is 7.28. The van der Waals surface area contributed by atoms with Crippen LogP contribution in [0.4, 0.5) is 0 Å². The lowest BCUT2D eigenvalue weighted by Crippen LogP contribution is -2.43. The van der Waals surface area contributed by atoms with E-state index in [9.17, 15) is 0 Å². The van der Waals surface area contributed by atoms with Crippen molar-refractivity contribution < 1.29 is 0 Å². The van der Waals surface area contributed by atoms with Gasteiger partial charge in [-0.05, 0) is 49.9 Å². The van der Waals surface area contributed by atoms with Crippen molar-refractivity contribution >= 4 is 15.9 Å². The first kappa shape index (κ1) is 14.1. The molecule has 1 atom stereocenters. The van der Waals surface area contributed by atoms with Gasteiger partial charge in [-0.15, -0.1) is 0 Å². The molecule has 0 aromatic heterocycles. The molecule has 1 aliphatic rings. The van der Waals surface area contributed by atoms with Crippen molar-refractivity contribution in [2.24, 2.45) is 5.92 Å². The molecular weight excluding hydrogens is 286 g/mol. The van der Waals surface area contributed by atoms with Crippen LogP contribution in [0.2, 0.25) is 0 Å². The Labute approximate surface area is 120 Å². The molecule has 0 amide bonds. The minimum atomic E-state index is 0.684. The van der Waals surface area contributed by atoms with Gasteiger partial charge in [-0.2, -0.15) is 0 Å². The van der Waals surface area contributed by atoms with Crippen LogP contribution in [0, 0.1) is 5.92 Å². The van der Waals surface area contributed by atoms with E-state index in [1.54, 1.807) is 0 Å². The molecule has 1 aromatic carbocycles. The normalized spacial score (nSPS) is 19.1. The highest BCUT2D eigenvalue weighted by molar-refractivity contribution is 9.10. The maximum atomic E-state index is 3.68. The molecular formula is C16H24BrN. The Morgan fingerprint density at radius 3 is 2.39 bits per heavy atom. The van der Waals surface area contributed by atoms with Crippen molar-refractivity contribution in [3.8, 4) is 0 Å². The Morgan fingerprint density at radius 1 is 1.11 bits per heavy atom. The van der Waals surface area contributed by atoms with Gasteiger partial charge in [0.2, 0.25) is 0 Å². The highest BCUT2D eigenvalue weighted by atomic mass is 79.9.